The van der Waals surface area contributed by atoms with Gasteiger partial charge in [0.1, 0.15) is 6.10 Å². The van der Waals surface area contributed by atoms with Gasteiger partial charge in [-0.25, -0.2) is 0 Å². The van der Waals surface area contributed by atoms with Crippen LogP contribution < -0.4 is 4.90 Å². The second-order valence-corrected chi connectivity index (χ2v) is 5.74. The molecule has 23 heavy (non-hydrogen) atoms. The summed E-state index contributed by atoms with van der Waals surface area (Å²) in [4.78, 5) is 6.46. The molecule has 3 heteroatoms. The molecule has 0 saturated heterocycles. The summed E-state index contributed by atoms with van der Waals surface area (Å²) in [6.45, 7) is 1.91. The molecule has 0 saturated carbocycles. The lowest BCUT2D eigenvalue weighted by Crippen LogP contribution is -2.12. The summed E-state index contributed by atoms with van der Waals surface area (Å²) in [6.07, 6.45) is 5.07. The van der Waals surface area contributed by atoms with E-state index in [1.807, 2.05) is 63.5 Å². The lowest BCUT2D eigenvalue weighted by atomic mass is 10.0. The van der Waals surface area contributed by atoms with Gasteiger partial charge in [-0.1, -0.05) is 48.5 Å². The fourth-order valence-electron chi connectivity index (χ4n) is 2.23. The standard InChI is InChI=1S/C20H24N2O/c1-16(20(23)18-9-5-4-6-10-18)21-15-7-8-17-11-13-19(14-12-17)22(2)3/h4-16,20,23H,1-3H3/b8-7+,21-15?/t16-,20-/m1/s1. The minimum atomic E-state index is -0.583. The molecule has 2 rings (SSSR count). The molecule has 0 spiro atoms. The highest BCUT2D eigenvalue weighted by Gasteiger charge is 2.13. The van der Waals surface area contributed by atoms with Crippen molar-refractivity contribution >= 4 is 18.0 Å². The van der Waals surface area contributed by atoms with E-state index in [1.165, 1.54) is 5.69 Å². The van der Waals surface area contributed by atoms with E-state index in [2.05, 4.69) is 34.2 Å². The number of hydrogen-bond donors (Lipinski definition) is 1. The number of rotatable bonds is 6. The third-order valence-electron chi connectivity index (χ3n) is 3.70. The third kappa shape index (κ3) is 5.08. The molecule has 120 valence electrons. The van der Waals surface area contributed by atoms with Gasteiger partial charge in [0.25, 0.3) is 0 Å². The average molecular weight is 308 g/mol. The molecule has 0 aliphatic rings. The minimum absolute atomic E-state index is 0.182. The van der Waals surface area contributed by atoms with Crippen molar-refractivity contribution < 1.29 is 5.11 Å². The van der Waals surface area contributed by atoms with Crippen LogP contribution in [0.3, 0.4) is 0 Å². The maximum absolute atomic E-state index is 10.2. The van der Waals surface area contributed by atoms with Gasteiger partial charge in [-0.15, -0.1) is 0 Å². The van der Waals surface area contributed by atoms with E-state index in [9.17, 15) is 5.11 Å². The van der Waals surface area contributed by atoms with Gasteiger partial charge < -0.3 is 10.0 Å². The molecule has 0 fully saturated rings. The molecule has 0 amide bonds. The Morgan fingerprint density at radius 1 is 1.00 bits per heavy atom. The molecule has 0 aliphatic heterocycles. The largest absolute Gasteiger partial charge is 0.386 e. The molecule has 3 nitrogen and oxygen atoms in total. The number of aliphatic hydroxyl groups excluding tert-OH is 1. The molecule has 2 atom stereocenters. The molecule has 0 bridgehead atoms. The van der Waals surface area contributed by atoms with E-state index < -0.39 is 6.10 Å². The maximum Gasteiger partial charge on any atom is 0.101 e. The first-order valence-electron chi connectivity index (χ1n) is 7.78. The normalized spacial score (nSPS) is 14.3. The van der Waals surface area contributed by atoms with Gasteiger partial charge in [0, 0.05) is 26.0 Å². The van der Waals surface area contributed by atoms with E-state index in [1.54, 1.807) is 6.21 Å². The highest BCUT2D eigenvalue weighted by atomic mass is 16.3. The van der Waals surface area contributed by atoms with Crippen molar-refractivity contribution in [1.82, 2.24) is 0 Å². The minimum Gasteiger partial charge on any atom is -0.386 e. The number of benzene rings is 2. The van der Waals surface area contributed by atoms with Gasteiger partial charge in [0.2, 0.25) is 0 Å². The number of aliphatic imine (C=N–C) groups is 1. The smallest absolute Gasteiger partial charge is 0.101 e. The number of anilines is 1. The van der Waals surface area contributed by atoms with Gasteiger partial charge in [-0.05, 0) is 36.3 Å². The van der Waals surface area contributed by atoms with Gasteiger partial charge in [0.05, 0.1) is 6.04 Å². The summed E-state index contributed by atoms with van der Waals surface area (Å²) in [5, 5.41) is 10.2. The molecule has 2 aromatic carbocycles. The fourth-order valence-corrected chi connectivity index (χ4v) is 2.23. The number of aliphatic hydroxyl groups is 1. The first kappa shape index (κ1) is 17.0. The summed E-state index contributed by atoms with van der Waals surface area (Å²) in [5.74, 6) is 0. The van der Waals surface area contributed by atoms with Gasteiger partial charge in [0.15, 0.2) is 0 Å². The van der Waals surface area contributed by atoms with Crippen molar-refractivity contribution in [3.8, 4) is 0 Å². The van der Waals surface area contributed by atoms with Crippen LogP contribution in [-0.2, 0) is 0 Å². The van der Waals surface area contributed by atoms with Gasteiger partial charge >= 0.3 is 0 Å². The van der Waals surface area contributed by atoms with Crippen LogP contribution in [0.2, 0.25) is 0 Å². The monoisotopic (exact) mass is 308 g/mol. The summed E-state index contributed by atoms with van der Waals surface area (Å²) >= 11 is 0. The van der Waals surface area contributed by atoms with Crippen LogP contribution in [0.1, 0.15) is 24.2 Å². The Morgan fingerprint density at radius 2 is 1.65 bits per heavy atom. The molecule has 0 unspecified atom stereocenters. The predicted molar refractivity (Wildman–Crippen MR) is 99.2 cm³/mol. The molecule has 1 N–H and O–H groups in total. The second kappa shape index (κ2) is 8.30. The van der Waals surface area contributed by atoms with Crippen molar-refractivity contribution in [1.29, 1.82) is 0 Å². The molecular formula is C20H24N2O. The Morgan fingerprint density at radius 3 is 2.26 bits per heavy atom. The molecule has 2 aromatic rings. The van der Waals surface area contributed by atoms with E-state index in [4.69, 9.17) is 0 Å². The molecule has 0 heterocycles. The van der Waals surface area contributed by atoms with E-state index in [0.29, 0.717) is 0 Å². The van der Waals surface area contributed by atoms with Crippen LogP contribution in [0.25, 0.3) is 6.08 Å². The maximum atomic E-state index is 10.2. The number of nitrogens with zero attached hydrogens (tertiary/aromatic N) is 2. The first-order valence-corrected chi connectivity index (χ1v) is 7.78. The Kier molecular flexibility index (Phi) is 6.12. The lowest BCUT2D eigenvalue weighted by Gasteiger charge is -2.14. The topological polar surface area (TPSA) is 35.8 Å². The summed E-state index contributed by atoms with van der Waals surface area (Å²) in [6, 6.07) is 17.7. The zero-order valence-electron chi connectivity index (χ0n) is 13.9. The predicted octanol–water partition coefficient (Wildman–Crippen LogP) is 3.96. The summed E-state index contributed by atoms with van der Waals surface area (Å²) < 4.78 is 0. The Hall–Kier alpha value is -2.39. The quantitative estimate of drug-likeness (QED) is 0.820. The average Bonchev–Trinajstić information content (AvgIpc) is 2.59. The molecule has 0 aromatic heterocycles. The van der Waals surface area contributed by atoms with E-state index in [-0.39, 0.29) is 6.04 Å². The molecular weight excluding hydrogens is 284 g/mol. The third-order valence-corrected chi connectivity index (χ3v) is 3.70. The van der Waals surface area contributed by atoms with Crippen molar-refractivity contribution in [2.75, 3.05) is 19.0 Å². The lowest BCUT2D eigenvalue weighted by molar-refractivity contribution is 0.154. The van der Waals surface area contributed by atoms with Crippen LogP contribution in [0.15, 0.2) is 65.7 Å². The second-order valence-electron chi connectivity index (χ2n) is 5.74. The fraction of sp³-hybridized carbons (Fsp3) is 0.250. The van der Waals surface area contributed by atoms with Crippen LogP contribution >= 0.6 is 0 Å². The number of allylic oxidation sites excluding steroid dienone is 1. The number of hydrogen-bond acceptors (Lipinski definition) is 3. The van der Waals surface area contributed by atoms with E-state index >= 15 is 0 Å². The SMILES string of the molecule is C[C@@H](N=C/C=C/c1ccc(N(C)C)cc1)[C@@H](O)c1ccccc1. The zero-order chi connectivity index (χ0) is 16.7. The van der Waals surface area contributed by atoms with E-state index in [0.717, 1.165) is 11.1 Å². The summed E-state index contributed by atoms with van der Waals surface area (Å²) in [5.41, 5.74) is 3.19. The van der Waals surface area contributed by atoms with Crippen molar-refractivity contribution in [2.45, 2.75) is 19.1 Å². The van der Waals surface area contributed by atoms with Crippen LogP contribution in [0.5, 0.6) is 0 Å². The van der Waals surface area contributed by atoms with Crippen LogP contribution in [0, 0.1) is 0 Å². The summed E-state index contributed by atoms with van der Waals surface area (Å²) in [7, 11) is 4.05. The Labute approximate surface area is 138 Å². The Balaban J connectivity index is 1.92. The van der Waals surface area contributed by atoms with Gasteiger partial charge in [-0.3, -0.25) is 4.99 Å². The van der Waals surface area contributed by atoms with Crippen molar-refractivity contribution in [3.05, 3.63) is 71.8 Å². The van der Waals surface area contributed by atoms with Gasteiger partial charge in [-0.2, -0.15) is 0 Å². The van der Waals surface area contributed by atoms with Crippen molar-refractivity contribution in [2.24, 2.45) is 4.99 Å². The van der Waals surface area contributed by atoms with Crippen LogP contribution in [-0.4, -0.2) is 31.5 Å². The Bertz CT molecular complexity index is 645. The highest BCUT2D eigenvalue weighted by molar-refractivity contribution is 5.78. The molecule has 0 radical (unpaired) electrons. The highest BCUT2D eigenvalue weighted by Crippen LogP contribution is 2.18. The van der Waals surface area contributed by atoms with Crippen LogP contribution in [0.4, 0.5) is 5.69 Å². The first-order chi connectivity index (χ1) is 11.1. The van der Waals surface area contributed by atoms with Crippen molar-refractivity contribution in [3.63, 3.8) is 0 Å². The zero-order valence-corrected chi connectivity index (χ0v) is 13.9. The molecule has 0 aliphatic carbocycles.